The molecule has 0 spiro atoms. The number of benzene rings is 2. The van der Waals surface area contributed by atoms with Crippen LogP contribution in [0.3, 0.4) is 0 Å². The van der Waals surface area contributed by atoms with Crippen molar-refractivity contribution in [3.63, 3.8) is 0 Å². The molecule has 1 saturated heterocycles. The molecule has 2 aliphatic heterocycles. The lowest BCUT2D eigenvalue weighted by Gasteiger charge is -2.38. The largest absolute Gasteiger partial charge is 0.493 e. The van der Waals surface area contributed by atoms with Gasteiger partial charge in [-0.25, -0.2) is 9.38 Å². The average Bonchev–Trinajstić information content (AvgIpc) is 2.81. The van der Waals surface area contributed by atoms with Crippen molar-refractivity contribution in [2.24, 2.45) is 4.99 Å². The molecule has 2 aromatic rings. The topological polar surface area (TPSA) is 28.1 Å². The fraction of sp³-hybridized carbons (Fsp3) is 0.458. The number of hydrogen-bond donors (Lipinski definition) is 0. The van der Waals surface area contributed by atoms with Crippen LogP contribution in [-0.4, -0.2) is 54.3 Å². The third kappa shape index (κ3) is 5.93. The number of fused-ring (bicyclic) bond motifs is 1. The number of thioether (sulfide) groups is 1. The highest BCUT2D eigenvalue weighted by Gasteiger charge is 2.26. The molecule has 2 aliphatic rings. The number of rotatable bonds is 7. The van der Waals surface area contributed by atoms with Gasteiger partial charge in [0.1, 0.15) is 11.6 Å². The standard InChI is InChI=1S/C24H29ClFN3OS/c1-28(24-27-23-7-3-2-6-18(23)17-31-24)19-10-13-29(14-11-19)12-4-5-15-30-20-8-9-21(25)22(26)16-20/h2-3,6-9,16,19H,4-5,10-15,17H2,1H3. The van der Waals surface area contributed by atoms with Crippen LogP contribution in [0, 0.1) is 5.82 Å². The smallest absolute Gasteiger partial charge is 0.164 e. The second-order valence-corrected chi connectivity index (χ2v) is 9.48. The Morgan fingerprint density at radius 2 is 2.00 bits per heavy atom. The number of para-hydroxylation sites is 1. The molecule has 0 aliphatic carbocycles. The monoisotopic (exact) mass is 461 g/mol. The number of ether oxygens (including phenoxy) is 1. The van der Waals surface area contributed by atoms with Gasteiger partial charge in [-0.15, -0.1) is 0 Å². The predicted octanol–water partition coefficient (Wildman–Crippen LogP) is 5.97. The summed E-state index contributed by atoms with van der Waals surface area (Å²) < 4.78 is 19.1. The number of likely N-dealkylation sites (tertiary alicyclic amines) is 1. The van der Waals surface area contributed by atoms with Crippen LogP contribution in [0.1, 0.15) is 31.2 Å². The van der Waals surface area contributed by atoms with Crippen molar-refractivity contribution < 1.29 is 9.13 Å². The number of hydrogen-bond acceptors (Lipinski definition) is 5. The molecule has 0 radical (unpaired) electrons. The number of nitrogens with zero attached hydrogens (tertiary/aromatic N) is 3. The summed E-state index contributed by atoms with van der Waals surface area (Å²) in [6, 6.07) is 13.6. The first kappa shape index (κ1) is 22.4. The Bertz CT molecular complexity index is 917. The lowest BCUT2D eigenvalue weighted by Crippen LogP contribution is -2.45. The van der Waals surface area contributed by atoms with Crippen LogP contribution in [0.15, 0.2) is 47.5 Å². The zero-order valence-electron chi connectivity index (χ0n) is 17.9. The van der Waals surface area contributed by atoms with Gasteiger partial charge in [0.25, 0.3) is 0 Å². The molecule has 7 heteroatoms. The Labute approximate surface area is 193 Å². The van der Waals surface area contributed by atoms with E-state index in [-0.39, 0.29) is 5.02 Å². The Morgan fingerprint density at radius 1 is 1.19 bits per heavy atom. The molecule has 0 N–H and O–H groups in total. The number of halogens is 2. The number of aliphatic imine (C=N–C) groups is 1. The van der Waals surface area contributed by atoms with Crippen molar-refractivity contribution in [3.8, 4) is 5.75 Å². The van der Waals surface area contributed by atoms with E-state index < -0.39 is 5.82 Å². The van der Waals surface area contributed by atoms with Crippen LogP contribution >= 0.6 is 23.4 Å². The molecule has 31 heavy (non-hydrogen) atoms. The minimum absolute atomic E-state index is 0.125. The van der Waals surface area contributed by atoms with Crippen molar-refractivity contribution in [1.82, 2.24) is 9.80 Å². The molecule has 0 unspecified atom stereocenters. The molecule has 0 amide bonds. The molecule has 0 bridgehead atoms. The Morgan fingerprint density at radius 3 is 2.81 bits per heavy atom. The summed E-state index contributed by atoms with van der Waals surface area (Å²) >= 11 is 7.54. The van der Waals surface area contributed by atoms with Gasteiger partial charge in [-0.1, -0.05) is 41.6 Å². The van der Waals surface area contributed by atoms with Crippen LogP contribution in [0.5, 0.6) is 5.75 Å². The molecule has 1 fully saturated rings. The zero-order chi connectivity index (χ0) is 21.6. The van der Waals surface area contributed by atoms with Gasteiger partial charge in [0, 0.05) is 38.0 Å². The van der Waals surface area contributed by atoms with Gasteiger partial charge >= 0.3 is 0 Å². The Kier molecular flexibility index (Phi) is 7.75. The first-order valence-electron chi connectivity index (χ1n) is 10.9. The summed E-state index contributed by atoms with van der Waals surface area (Å²) in [4.78, 5) is 9.82. The second-order valence-electron chi connectivity index (χ2n) is 8.13. The molecule has 166 valence electrons. The average molecular weight is 462 g/mol. The van der Waals surface area contributed by atoms with Gasteiger partial charge in [-0.3, -0.25) is 0 Å². The van der Waals surface area contributed by atoms with Crippen molar-refractivity contribution in [1.29, 1.82) is 0 Å². The van der Waals surface area contributed by atoms with Gasteiger partial charge < -0.3 is 14.5 Å². The molecule has 0 saturated carbocycles. The maximum Gasteiger partial charge on any atom is 0.164 e. The van der Waals surface area contributed by atoms with E-state index in [1.807, 2.05) is 11.8 Å². The summed E-state index contributed by atoms with van der Waals surface area (Å²) in [6.07, 6.45) is 4.36. The SMILES string of the molecule is CN(C1=Nc2ccccc2CS1)C1CCN(CCCCOc2ccc(Cl)c(F)c2)CC1. The van der Waals surface area contributed by atoms with Gasteiger partial charge in [0.15, 0.2) is 5.17 Å². The summed E-state index contributed by atoms with van der Waals surface area (Å²) in [5.74, 6) is 1.11. The van der Waals surface area contributed by atoms with Crippen molar-refractivity contribution in [2.45, 2.75) is 37.5 Å². The third-order valence-corrected chi connectivity index (χ3v) is 7.40. The highest BCUT2D eigenvalue weighted by Crippen LogP contribution is 2.33. The van der Waals surface area contributed by atoms with Gasteiger partial charge in [-0.2, -0.15) is 0 Å². The Hall–Kier alpha value is -1.76. The quantitative estimate of drug-likeness (QED) is 0.475. The maximum atomic E-state index is 13.4. The lowest BCUT2D eigenvalue weighted by molar-refractivity contribution is 0.162. The van der Waals surface area contributed by atoms with Gasteiger partial charge in [0.2, 0.25) is 0 Å². The lowest BCUT2D eigenvalue weighted by atomic mass is 10.0. The van der Waals surface area contributed by atoms with E-state index in [9.17, 15) is 4.39 Å². The first-order chi connectivity index (χ1) is 15.1. The highest BCUT2D eigenvalue weighted by molar-refractivity contribution is 8.13. The van der Waals surface area contributed by atoms with Crippen LogP contribution in [0.2, 0.25) is 5.02 Å². The fourth-order valence-electron chi connectivity index (χ4n) is 4.08. The molecule has 0 aromatic heterocycles. The molecule has 2 heterocycles. The highest BCUT2D eigenvalue weighted by atomic mass is 35.5. The number of unbranched alkanes of at least 4 members (excludes halogenated alkanes) is 1. The van der Waals surface area contributed by atoms with E-state index in [4.69, 9.17) is 21.3 Å². The zero-order valence-corrected chi connectivity index (χ0v) is 19.5. The predicted molar refractivity (Wildman–Crippen MR) is 128 cm³/mol. The molecular weight excluding hydrogens is 433 g/mol. The molecule has 4 rings (SSSR count). The number of amidine groups is 1. The van der Waals surface area contributed by atoms with E-state index in [1.54, 1.807) is 6.07 Å². The fourth-order valence-corrected chi connectivity index (χ4v) is 5.24. The molecule has 2 aromatic carbocycles. The van der Waals surface area contributed by atoms with E-state index in [0.717, 1.165) is 61.9 Å². The van der Waals surface area contributed by atoms with Crippen molar-refractivity contribution in [3.05, 3.63) is 58.9 Å². The van der Waals surface area contributed by atoms with Crippen molar-refractivity contribution in [2.75, 3.05) is 33.3 Å². The van der Waals surface area contributed by atoms with E-state index >= 15 is 0 Å². The minimum atomic E-state index is -0.436. The Balaban J connectivity index is 1.15. The normalized spacial score (nSPS) is 17.2. The summed E-state index contributed by atoms with van der Waals surface area (Å²) in [6.45, 7) is 3.91. The van der Waals surface area contributed by atoms with E-state index in [1.165, 1.54) is 17.7 Å². The molecule has 4 nitrogen and oxygen atoms in total. The molecular formula is C24H29ClFN3OS. The van der Waals surface area contributed by atoms with Crippen LogP contribution in [0.4, 0.5) is 10.1 Å². The van der Waals surface area contributed by atoms with E-state index in [0.29, 0.717) is 18.4 Å². The van der Waals surface area contributed by atoms with Crippen molar-refractivity contribution >= 4 is 34.2 Å². The summed E-state index contributed by atoms with van der Waals surface area (Å²) in [5.41, 5.74) is 2.44. The van der Waals surface area contributed by atoms with Gasteiger partial charge in [-0.05, 0) is 56.0 Å². The van der Waals surface area contributed by atoms with Crippen LogP contribution in [-0.2, 0) is 5.75 Å². The summed E-state index contributed by atoms with van der Waals surface area (Å²) in [5, 5.41) is 1.27. The van der Waals surface area contributed by atoms with Crippen LogP contribution < -0.4 is 4.74 Å². The minimum Gasteiger partial charge on any atom is -0.493 e. The van der Waals surface area contributed by atoms with Gasteiger partial charge in [0.05, 0.1) is 17.3 Å². The maximum absolute atomic E-state index is 13.4. The van der Waals surface area contributed by atoms with Crippen LogP contribution in [0.25, 0.3) is 0 Å². The van der Waals surface area contributed by atoms with E-state index in [2.05, 4.69) is 41.1 Å². The number of piperidine rings is 1. The molecule has 0 atom stereocenters. The second kappa shape index (κ2) is 10.7. The first-order valence-corrected chi connectivity index (χ1v) is 12.3. The third-order valence-electron chi connectivity index (χ3n) is 6.00. The summed E-state index contributed by atoms with van der Waals surface area (Å²) in [7, 11) is 2.19.